The molecule has 128 valence electrons. The van der Waals surface area contributed by atoms with Crippen molar-refractivity contribution in [1.82, 2.24) is 15.0 Å². The van der Waals surface area contributed by atoms with Crippen molar-refractivity contribution < 1.29 is 17.9 Å². The predicted molar refractivity (Wildman–Crippen MR) is 89.3 cm³/mol. The largest absolute Gasteiger partial charge is 0.465 e. The highest BCUT2D eigenvalue weighted by Gasteiger charge is 2.25. The molecule has 0 unspecified atom stereocenters. The van der Waals surface area contributed by atoms with Crippen molar-refractivity contribution in [2.45, 2.75) is 16.8 Å². The summed E-state index contributed by atoms with van der Waals surface area (Å²) in [4.78, 5) is 11.6. The van der Waals surface area contributed by atoms with E-state index >= 15 is 0 Å². The van der Waals surface area contributed by atoms with Crippen molar-refractivity contribution in [3.8, 4) is 5.69 Å². The van der Waals surface area contributed by atoms with E-state index < -0.39 is 15.8 Å². The molecule has 0 bridgehead atoms. The van der Waals surface area contributed by atoms with E-state index in [1.54, 1.807) is 49.4 Å². The van der Waals surface area contributed by atoms with Gasteiger partial charge >= 0.3 is 5.97 Å². The molecule has 1 heterocycles. The second-order valence-corrected chi connectivity index (χ2v) is 7.11. The standard InChI is InChI=1S/C17H15N3O4S/c1-12-16(25(22,23)15-6-4-3-5-7-15)18-19-20(12)14-10-8-13(9-11-14)17(21)24-2/h3-11H,1-2H3. The number of benzene rings is 2. The number of esters is 1. The van der Waals surface area contributed by atoms with Gasteiger partial charge in [0.25, 0.3) is 0 Å². The maximum Gasteiger partial charge on any atom is 0.337 e. The maximum absolute atomic E-state index is 12.7. The monoisotopic (exact) mass is 357 g/mol. The Morgan fingerprint density at radius 3 is 2.28 bits per heavy atom. The van der Waals surface area contributed by atoms with Gasteiger partial charge in [-0.3, -0.25) is 0 Å². The minimum atomic E-state index is -3.75. The molecule has 8 heteroatoms. The smallest absolute Gasteiger partial charge is 0.337 e. The summed E-state index contributed by atoms with van der Waals surface area (Å²) in [6, 6.07) is 14.5. The van der Waals surface area contributed by atoms with Gasteiger partial charge in [0.05, 0.1) is 29.0 Å². The average molecular weight is 357 g/mol. The van der Waals surface area contributed by atoms with Gasteiger partial charge in [0.1, 0.15) is 0 Å². The average Bonchev–Trinajstić information content (AvgIpc) is 3.04. The first kappa shape index (κ1) is 16.8. The van der Waals surface area contributed by atoms with Crippen LogP contribution >= 0.6 is 0 Å². The summed E-state index contributed by atoms with van der Waals surface area (Å²) >= 11 is 0. The first-order chi connectivity index (χ1) is 11.9. The third-order valence-electron chi connectivity index (χ3n) is 3.69. The molecule has 25 heavy (non-hydrogen) atoms. The molecule has 0 fully saturated rings. The van der Waals surface area contributed by atoms with Crippen LogP contribution in [0.2, 0.25) is 0 Å². The Kier molecular flexibility index (Phi) is 4.37. The summed E-state index contributed by atoms with van der Waals surface area (Å²) in [6.45, 7) is 1.63. The zero-order chi connectivity index (χ0) is 18.0. The number of rotatable bonds is 4. The summed E-state index contributed by atoms with van der Waals surface area (Å²) in [5.74, 6) is -0.450. The Morgan fingerprint density at radius 1 is 1.04 bits per heavy atom. The second-order valence-electron chi connectivity index (χ2n) is 5.25. The lowest BCUT2D eigenvalue weighted by atomic mass is 10.2. The Labute approximate surface area is 144 Å². The number of ether oxygens (including phenoxy) is 1. The predicted octanol–water partition coefficient (Wildman–Crippen LogP) is 2.20. The van der Waals surface area contributed by atoms with E-state index in [4.69, 9.17) is 0 Å². The molecular weight excluding hydrogens is 342 g/mol. The number of hydrogen-bond donors (Lipinski definition) is 0. The highest BCUT2D eigenvalue weighted by atomic mass is 32.2. The molecule has 0 saturated carbocycles. The fraction of sp³-hybridized carbons (Fsp3) is 0.118. The fourth-order valence-corrected chi connectivity index (χ4v) is 3.73. The topological polar surface area (TPSA) is 91.2 Å². The fourth-order valence-electron chi connectivity index (χ4n) is 2.38. The molecule has 3 aromatic rings. The minimum absolute atomic E-state index is 0.101. The van der Waals surface area contributed by atoms with Crippen LogP contribution in [0.3, 0.4) is 0 Å². The molecule has 0 aliphatic rings. The number of aromatic nitrogens is 3. The van der Waals surface area contributed by atoms with E-state index in [-0.39, 0.29) is 9.92 Å². The van der Waals surface area contributed by atoms with Crippen molar-refractivity contribution in [3.05, 3.63) is 65.9 Å². The van der Waals surface area contributed by atoms with Crippen LogP contribution in [0.1, 0.15) is 16.1 Å². The lowest BCUT2D eigenvalue weighted by Crippen LogP contribution is -2.06. The summed E-state index contributed by atoms with van der Waals surface area (Å²) in [7, 11) is -2.45. The van der Waals surface area contributed by atoms with Gasteiger partial charge in [-0.2, -0.15) is 0 Å². The van der Waals surface area contributed by atoms with Gasteiger partial charge < -0.3 is 4.74 Å². The zero-order valence-corrected chi connectivity index (χ0v) is 14.4. The molecule has 2 aromatic carbocycles. The van der Waals surface area contributed by atoms with E-state index in [1.165, 1.54) is 23.9 Å². The number of sulfone groups is 1. The van der Waals surface area contributed by atoms with Crippen molar-refractivity contribution in [1.29, 1.82) is 0 Å². The maximum atomic E-state index is 12.7. The quantitative estimate of drug-likeness (QED) is 0.665. The summed E-state index contributed by atoms with van der Waals surface area (Å²) in [6.07, 6.45) is 0. The van der Waals surface area contributed by atoms with Crippen molar-refractivity contribution in [2.75, 3.05) is 7.11 Å². The SMILES string of the molecule is COC(=O)c1ccc(-n2nnc(S(=O)(=O)c3ccccc3)c2C)cc1. The van der Waals surface area contributed by atoms with Crippen molar-refractivity contribution in [3.63, 3.8) is 0 Å². The van der Waals surface area contributed by atoms with Crippen LogP contribution in [0.25, 0.3) is 5.69 Å². The number of carbonyl (C=O) groups excluding carboxylic acids is 1. The van der Waals surface area contributed by atoms with Crippen molar-refractivity contribution in [2.24, 2.45) is 0 Å². The van der Waals surface area contributed by atoms with Crippen LogP contribution in [0.15, 0.2) is 64.5 Å². The molecule has 0 saturated heterocycles. The summed E-state index contributed by atoms with van der Waals surface area (Å²) < 4.78 is 31.5. The lowest BCUT2D eigenvalue weighted by Gasteiger charge is -2.05. The van der Waals surface area contributed by atoms with Gasteiger partial charge in [-0.05, 0) is 43.3 Å². The lowest BCUT2D eigenvalue weighted by molar-refractivity contribution is 0.0600. The Morgan fingerprint density at radius 2 is 1.68 bits per heavy atom. The molecule has 0 atom stereocenters. The Bertz CT molecular complexity index is 1010. The van der Waals surface area contributed by atoms with Gasteiger partial charge in [0.15, 0.2) is 0 Å². The minimum Gasteiger partial charge on any atom is -0.465 e. The molecule has 0 N–H and O–H groups in total. The number of methoxy groups -OCH3 is 1. The molecule has 0 aliphatic heterocycles. The summed E-state index contributed by atoms with van der Waals surface area (Å²) in [5, 5.41) is 7.69. The van der Waals surface area contributed by atoms with Crippen LogP contribution in [-0.4, -0.2) is 36.5 Å². The van der Waals surface area contributed by atoms with Gasteiger partial charge in [0, 0.05) is 0 Å². The molecular formula is C17H15N3O4S. The molecule has 3 rings (SSSR count). The highest BCUT2D eigenvalue weighted by molar-refractivity contribution is 7.91. The van der Waals surface area contributed by atoms with Crippen LogP contribution in [0.5, 0.6) is 0 Å². The van der Waals surface area contributed by atoms with Crippen LogP contribution < -0.4 is 0 Å². The first-order valence-electron chi connectivity index (χ1n) is 7.36. The Hall–Kier alpha value is -3.00. The van der Waals surface area contributed by atoms with E-state index in [0.717, 1.165) is 0 Å². The van der Waals surface area contributed by atoms with E-state index in [9.17, 15) is 13.2 Å². The molecule has 0 spiro atoms. The van der Waals surface area contributed by atoms with E-state index in [0.29, 0.717) is 16.9 Å². The molecule has 1 aromatic heterocycles. The summed E-state index contributed by atoms with van der Waals surface area (Å²) in [5.41, 5.74) is 1.36. The van der Waals surface area contributed by atoms with E-state index in [2.05, 4.69) is 15.0 Å². The molecule has 0 aliphatic carbocycles. The van der Waals surface area contributed by atoms with Gasteiger partial charge in [-0.15, -0.1) is 5.10 Å². The number of hydrogen-bond acceptors (Lipinski definition) is 6. The number of carbonyl (C=O) groups is 1. The molecule has 0 amide bonds. The van der Waals surface area contributed by atoms with Crippen LogP contribution in [0.4, 0.5) is 0 Å². The number of nitrogens with zero attached hydrogens (tertiary/aromatic N) is 3. The van der Waals surface area contributed by atoms with Gasteiger partial charge in [-0.1, -0.05) is 23.4 Å². The molecule has 0 radical (unpaired) electrons. The van der Waals surface area contributed by atoms with Gasteiger partial charge in [0.2, 0.25) is 14.9 Å². The normalized spacial score (nSPS) is 11.3. The third kappa shape index (κ3) is 3.03. The molecule has 7 nitrogen and oxygen atoms in total. The first-order valence-corrected chi connectivity index (χ1v) is 8.84. The van der Waals surface area contributed by atoms with E-state index in [1.807, 2.05) is 0 Å². The Balaban J connectivity index is 2.01. The van der Waals surface area contributed by atoms with Crippen LogP contribution in [0, 0.1) is 6.92 Å². The zero-order valence-electron chi connectivity index (χ0n) is 13.6. The van der Waals surface area contributed by atoms with Gasteiger partial charge in [-0.25, -0.2) is 17.9 Å². The van der Waals surface area contributed by atoms with Crippen LogP contribution in [-0.2, 0) is 14.6 Å². The third-order valence-corrected chi connectivity index (χ3v) is 5.47. The van der Waals surface area contributed by atoms with Crippen molar-refractivity contribution >= 4 is 15.8 Å². The highest BCUT2D eigenvalue weighted by Crippen LogP contribution is 2.23. The second kappa shape index (κ2) is 6.48.